The van der Waals surface area contributed by atoms with Crippen LogP contribution in [0.2, 0.25) is 0 Å². The molecule has 29 rings (SSSR count). The maximum absolute atomic E-state index is 6.67. The van der Waals surface area contributed by atoms with Crippen LogP contribution in [0.15, 0.2) is 426 Å². The first-order chi connectivity index (χ1) is 68.8. The monoisotopic (exact) mass is 1830 g/mol. The standard InChI is InChI=1S/C44H26N2OS.C44H32N2OS.C39H24N2OS/c1-2-11-27(12-3-1)37-25-39-41(35-19-5-4-17-33(35)37)42-44(47-39)46-38(26-45-42)31-16-9-14-29(24-31)28-13-8-15-30(23-28)32-20-10-21-36-34-18-6-7-22-40(34)48-43(32)36;1-2-11-27(12-3-1)37-25-31-13-4-5-18-33(31)40-41-44(47-42(37)40)46-38(26-45-41)32-17-9-15-29(24-32)28-14-8-16-30(23-28)34-20-10-21-36-35-19-6-7-22-39(35)48-43(34)36;1-23-19-26-9-2-3-14-29(26)35-36-39(42-37(23)35)41-33(22-40-36)28-13-7-11-25(21-28)24-10-6-12-27(20-24)30-16-8-17-32-31-15-4-5-18-34(31)43-38(30)32/h1-26H;4-10,13-27H,1-3,11-12H2;2-22H,1H3. The van der Waals surface area contributed by atoms with Gasteiger partial charge in [0.15, 0.2) is 0 Å². The van der Waals surface area contributed by atoms with Crippen molar-refractivity contribution in [2.75, 3.05) is 0 Å². The second-order valence-corrected chi connectivity index (χ2v) is 39.6. The molecule has 0 spiro atoms. The van der Waals surface area contributed by atoms with E-state index in [0.29, 0.717) is 23.1 Å². The van der Waals surface area contributed by atoms with Crippen molar-refractivity contribution in [1.82, 2.24) is 29.9 Å². The fourth-order valence-electron chi connectivity index (χ4n) is 21.4. The van der Waals surface area contributed by atoms with E-state index < -0.39 is 0 Å². The van der Waals surface area contributed by atoms with Gasteiger partial charge in [0, 0.05) is 77.2 Å². The highest BCUT2D eigenvalue weighted by atomic mass is 32.1. The number of thiophene rings is 3. The molecule has 0 atom stereocenters. The highest BCUT2D eigenvalue weighted by Gasteiger charge is 2.27. The minimum atomic E-state index is 0.518. The highest BCUT2D eigenvalue weighted by molar-refractivity contribution is 7.27. The zero-order chi connectivity index (χ0) is 91.7. The molecule has 1 saturated carbocycles. The first kappa shape index (κ1) is 81.8. The first-order valence-corrected chi connectivity index (χ1v) is 49.9. The SMILES string of the molecule is Cc1cc2ccccc2c2c1oc1nc(-c3cccc(-c4cccc(-c5cccc6c5sc5ccccc56)c4)c3)cnc12.c1cc(-c2cccc(-c3cccc4c3sc3ccccc34)c2)cc(-c2cnc3c(n2)oc2c(C4CCCCC4)cc4ccccc4c23)c1.c1ccc(-c2cc3oc4nc(-c5cccc(-c6cccc(-c7cccc8c7sc7ccccc78)c6)c5)cnc4c3c3ccccc23)cc1. The van der Waals surface area contributed by atoms with Crippen LogP contribution < -0.4 is 0 Å². The van der Waals surface area contributed by atoms with E-state index in [0.717, 1.165) is 139 Å². The van der Waals surface area contributed by atoms with Crippen LogP contribution in [0.3, 0.4) is 0 Å². The summed E-state index contributed by atoms with van der Waals surface area (Å²) in [6.45, 7) is 2.08. The van der Waals surface area contributed by atoms with Crippen LogP contribution in [0.25, 0.3) is 271 Å². The molecule has 9 nitrogen and oxygen atoms in total. The van der Waals surface area contributed by atoms with Gasteiger partial charge >= 0.3 is 0 Å². The number of furan rings is 3. The second kappa shape index (κ2) is 34.0. The maximum Gasteiger partial charge on any atom is 0.246 e. The number of fused-ring (bicyclic) bond motifs is 24. The van der Waals surface area contributed by atoms with Gasteiger partial charge in [-0.15, -0.1) is 34.0 Å². The van der Waals surface area contributed by atoms with Gasteiger partial charge in [0.2, 0.25) is 17.1 Å². The van der Waals surface area contributed by atoms with Crippen molar-refractivity contribution in [2.45, 2.75) is 44.9 Å². The third kappa shape index (κ3) is 14.4. The fraction of sp³-hybridized carbons (Fsp3) is 0.0551. The smallest absolute Gasteiger partial charge is 0.246 e. The van der Waals surface area contributed by atoms with Crippen LogP contribution in [-0.2, 0) is 0 Å². The van der Waals surface area contributed by atoms with Crippen molar-refractivity contribution < 1.29 is 13.3 Å². The molecule has 139 heavy (non-hydrogen) atoms. The second-order valence-electron chi connectivity index (χ2n) is 36.4. The Balaban J connectivity index is 0.000000105. The minimum absolute atomic E-state index is 0.518. The zero-order valence-corrected chi connectivity index (χ0v) is 78.0. The Labute approximate surface area is 811 Å². The molecule has 9 heterocycles. The highest BCUT2D eigenvalue weighted by Crippen LogP contribution is 2.50. The Kier molecular flexibility index (Phi) is 20.0. The number of nitrogens with zero attached hydrogens (tertiary/aromatic N) is 6. The predicted molar refractivity (Wildman–Crippen MR) is 584 cm³/mol. The van der Waals surface area contributed by atoms with Gasteiger partial charge in [-0.2, -0.15) is 0 Å². The van der Waals surface area contributed by atoms with E-state index in [1.165, 1.54) is 159 Å². The van der Waals surface area contributed by atoms with Gasteiger partial charge in [-0.25, -0.2) is 29.9 Å². The average Bonchev–Trinajstić information content (AvgIpc) is 1.52. The number of aromatic nitrogens is 6. The van der Waals surface area contributed by atoms with Gasteiger partial charge in [-0.05, 0) is 220 Å². The molecule has 9 aromatic heterocycles. The number of rotatable bonds is 11. The molecule has 1 aliphatic rings. The van der Waals surface area contributed by atoms with Crippen LogP contribution in [0, 0.1) is 6.92 Å². The van der Waals surface area contributed by atoms with Crippen LogP contribution >= 0.6 is 34.0 Å². The van der Waals surface area contributed by atoms with E-state index in [1.807, 2.05) is 58.7 Å². The maximum atomic E-state index is 6.67. The molecular weight excluding hydrogens is 1750 g/mol. The van der Waals surface area contributed by atoms with Gasteiger partial charge in [-0.3, -0.25) is 0 Å². The lowest BCUT2D eigenvalue weighted by atomic mass is 9.82. The Hall–Kier alpha value is -16.7. The molecule has 0 saturated heterocycles. The van der Waals surface area contributed by atoms with E-state index in [1.54, 1.807) is 0 Å². The molecule has 28 aromatic rings. The number of aryl methyl sites for hydroxylation is 1. The summed E-state index contributed by atoms with van der Waals surface area (Å²) in [7, 11) is 0. The molecule has 1 aliphatic carbocycles. The quantitative estimate of drug-likeness (QED) is 0.125. The third-order valence-electron chi connectivity index (χ3n) is 28.1. The Morgan fingerprint density at radius 3 is 1.03 bits per heavy atom. The van der Waals surface area contributed by atoms with Crippen LogP contribution in [0.4, 0.5) is 0 Å². The van der Waals surface area contributed by atoms with Gasteiger partial charge in [0.25, 0.3) is 0 Å². The van der Waals surface area contributed by atoms with Gasteiger partial charge < -0.3 is 13.3 Å². The molecule has 0 amide bonds. The molecule has 1 fully saturated rings. The van der Waals surface area contributed by atoms with Gasteiger partial charge in [-0.1, -0.05) is 341 Å². The van der Waals surface area contributed by atoms with Crippen LogP contribution in [0.5, 0.6) is 0 Å². The molecular formula is C127H82N6O3S3. The van der Waals surface area contributed by atoms with Crippen molar-refractivity contribution in [3.63, 3.8) is 0 Å². The van der Waals surface area contributed by atoms with E-state index in [-0.39, 0.29) is 0 Å². The number of benzene rings is 19. The lowest BCUT2D eigenvalue weighted by Gasteiger charge is -2.22. The van der Waals surface area contributed by atoms with Gasteiger partial charge in [0.1, 0.15) is 33.3 Å². The fourth-order valence-corrected chi connectivity index (χ4v) is 25.1. The summed E-state index contributed by atoms with van der Waals surface area (Å²) in [5.74, 6) is 0.518. The summed E-state index contributed by atoms with van der Waals surface area (Å²) in [6, 6.07) is 141. The minimum Gasteiger partial charge on any atom is -0.436 e. The Bertz CT molecular complexity index is 9840. The molecule has 0 bridgehead atoms. The zero-order valence-electron chi connectivity index (χ0n) is 75.5. The lowest BCUT2D eigenvalue weighted by molar-refractivity contribution is 0.442. The molecule has 0 unspecified atom stereocenters. The van der Waals surface area contributed by atoms with Crippen molar-refractivity contribution in [3.8, 4) is 112 Å². The molecule has 19 aromatic carbocycles. The summed E-state index contributed by atoms with van der Waals surface area (Å²) in [6.07, 6.45) is 12.0. The van der Waals surface area contributed by atoms with E-state index >= 15 is 0 Å². The molecule has 12 heteroatoms. The Morgan fingerprint density at radius 1 is 0.245 bits per heavy atom. The van der Waals surface area contributed by atoms with Crippen molar-refractivity contribution in [1.29, 1.82) is 0 Å². The Morgan fingerprint density at radius 2 is 0.576 bits per heavy atom. The molecule has 656 valence electrons. The lowest BCUT2D eigenvalue weighted by Crippen LogP contribution is -2.04. The summed E-state index contributed by atoms with van der Waals surface area (Å²) in [5.41, 5.74) is 31.2. The van der Waals surface area contributed by atoms with E-state index in [9.17, 15) is 0 Å². The summed E-state index contributed by atoms with van der Waals surface area (Å²) in [5, 5.41) is 18.1. The summed E-state index contributed by atoms with van der Waals surface area (Å²) in [4.78, 5) is 29.9. The van der Waals surface area contributed by atoms with E-state index in [2.05, 4.69) is 395 Å². The molecule has 0 radical (unpaired) electrons. The predicted octanol–water partition coefficient (Wildman–Crippen LogP) is 36.7. The largest absolute Gasteiger partial charge is 0.436 e. The molecule has 0 aliphatic heterocycles. The topological polar surface area (TPSA) is 117 Å². The average molecular weight is 1840 g/mol. The normalized spacial score (nSPS) is 12.6. The van der Waals surface area contributed by atoms with Crippen molar-refractivity contribution in [3.05, 3.63) is 424 Å². The third-order valence-corrected chi connectivity index (χ3v) is 31.8. The molecule has 0 N–H and O–H groups in total. The van der Waals surface area contributed by atoms with Crippen molar-refractivity contribution in [2.24, 2.45) is 0 Å². The number of hydrogen-bond acceptors (Lipinski definition) is 12. The van der Waals surface area contributed by atoms with Crippen molar-refractivity contribution >= 4 is 193 Å². The van der Waals surface area contributed by atoms with E-state index in [4.69, 9.17) is 43.2 Å². The van der Waals surface area contributed by atoms with Crippen LogP contribution in [0.1, 0.15) is 49.1 Å². The summed E-state index contributed by atoms with van der Waals surface area (Å²) < 4.78 is 27.4. The van der Waals surface area contributed by atoms with Gasteiger partial charge in [0.05, 0.1) is 51.8 Å². The summed E-state index contributed by atoms with van der Waals surface area (Å²) >= 11 is 5.60. The first-order valence-electron chi connectivity index (χ1n) is 47.5. The van der Waals surface area contributed by atoms with Crippen LogP contribution in [-0.4, -0.2) is 29.9 Å². The number of hydrogen-bond donors (Lipinski definition) is 0.